The Labute approximate surface area is 240 Å². The number of ether oxygens (including phenoxy) is 2. The Morgan fingerprint density at radius 2 is 1.70 bits per heavy atom. The molecule has 2 heterocycles. The predicted octanol–water partition coefficient (Wildman–Crippen LogP) is 4.79. The third-order valence-electron chi connectivity index (χ3n) is 7.28. The maximum atomic E-state index is 13.4. The summed E-state index contributed by atoms with van der Waals surface area (Å²) in [6.07, 6.45) is 1.54. The molecule has 1 aliphatic heterocycles. The molecule has 2 aromatic carbocycles. The number of carbonyl (C=O) groups is 2. The van der Waals surface area contributed by atoms with E-state index >= 15 is 0 Å². The van der Waals surface area contributed by atoms with Gasteiger partial charge in [-0.1, -0.05) is 18.5 Å². The minimum Gasteiger partial charge on any atom is -0.493 e. The summed E-state index contributed by atoms with van der Waals surface area (Å²) in [5.41, 5.74) is 2.13. The number of benzene rings is 2. The number of nitrogens with zero attached hydrogens (tertiary/aromatic N) is 5. The van der Waals surface area contributed by atoms with E-state index in [1.165, 1.54) is 0 Å². The number of methoxy groups -OCH3 is 2. The lowest BCUT2D eigenvalue weighted by Crippen LogP contribution is -2.47. The number of hydrogen-bond donors (Lipinski definition) is 0. The minimum absolute atomic E-state index is 0.0380. The molecule has 1 atom stereocenters. The fourth-order valence-electron chi connectivity index (χ4n) is 4.69. The van der Waals surface area contributed by atoms with E-state index in [4.69, 9.17) is 21.1 Å². The van der Waals surface area contributed by atoms with Crippen molar-refractivity contribution in [2.45, 2.75) is 32.7 Å². The molecule has 0 radical (unpaired) electrons. The quantitative estimate of drug-likeness (QED) is 0.368. The fourth-order valence-corrected chi connectivity index (χ4v) is 4.82. The van der Waals surface area contributed by atoms with E-state index in [-0.39, 0.29) is 24.4 Å². The summed E-state index contributed by atoms with van der Waals surface area (Å²) < 4.78 is 10.7. The molecule has 2 amide bonds. The van der Waals surface area contributed by atoms with Gasteiger partial charge < -0.3 is 24.2 Å². The second kappa shape index (κ2) is 13.5. The standard InChI is InChI=1S/C30H36ClN5O4/c1-5-21(2)36(30(38)22-7-10-24(31)11-8-22)20-29(37)35-16-6-15-34(17-18-35)28-14-12-25(32-33-28)23-9-13-26(39-3)27(19-23)40-4/h7-14,19,21H,5-6,15-18,20H2,1-4H3/t21-/m0/s1. The molecule has 1 fully saturated rings. The maximum Gasteiger partial charge on any atom is 0.254 e. The zero-order valence-electron chi connectivity index (χ0n) is 23.5. The summed E-state index contributed by atoms with van der Waals surface area (Å²) in [6.45, 7) is 6.57. The number of amides is 2. The molecule has 4 rings (SSSR count). The Kier molecular flexibility index (Phi) is 9.82. The molecule has 212 valence electrons. The molecule has 40 heavy (non-hydrogen) atoms. The van der Waals surface area contributed by atoms with Gasteiger partial charge >= 0.3 is 0 Å². The van der Waals surface area contributed by atoms with E-state index in [2.05, 4.69) is 15.1 Å². The summed E-state index contributed by atoms with van der Waals surface area (Å²) in [4.78, 5) is 32.3. The van der Waals surface area contributed by atoms with E-state index in [0.717, 1.165) is 36.5 Å². The topological polar surface area (TPSA) is 88.1 Å². The molecule has 1 saturated heterocycles. The smallest absolute Gasteiger partial charge is 0.254 e. The summed E-state index contributed by atoms with van der Waals surface area (Å²) in [7, 11) is 3.20. The monoisotopic (exact) mass is 565 g/mol. The van der Waals surface area contributed by atoms with Crippen molar-refractivity contribution in [2.24, 2.45) is 0 Å². The average molecular weight is 566 g/mol. The second-order valence-corrected chi connectivity index (χ2v) is 10.2. The predicted molar refractivity (Wildman–Crippen MR) is 156 cm³/mol. The molecule has 0 saturated carbocycles. The van der Waals surface area contributed by atoms with Gasteiger partial charge in [0.05, 0.1) is 19.9 Å². The van der Waals surface area contributed by atoms with E-state index in [1.807, 2.05) is 49.1 Å². The Morgan fingerprint density at radius 3 is 2.35 bits per heavy atom. The summed E-state index contributed by atoms with van der Waals surface area (Å²) in [5.74, 6) is 1.82. The summed E-state index contributed by atoms with van der Waals surface area (Å²) >= 11 is 5.99. The Bertz CT molecular complexity index is 1300. The normalized spacial score (nSPS) is 14.3. The molecule has 0 unspecified atom stereocenters. The van der Waals surface area contributed by atoms with Gasteiger partial charge in [0.2, 0.25) is 5.91 Å². The molecule has 0 aliphatic carbocycles. The third-order valence-corrected chi connectivity index (χ3v) is 7.53. The van der Waals surface area contributed by atoms with Gasteiger partial charge in [0.15, 0.2) is 17.3 Å². The number of aromatic nitrogens is 2. The lowest BCUT2D eigenvalue weighted by atomic mass is 10.1. The summed E-state index contributed by atoms with van der Waals surface area (Å²) in [6, 6.07) is 16.2. The van der Waals surface area contributed by atoms with Gasteiger partial charge in [0.1, 0.15) is 6.54 Å². The zero-order valence-corrected chi connectivity index (χ0v) is 24.2. The van der Waals surface area contributed by atoms with Crippen molar-refractivity contribution in [1.29, 1.82) is 0 Å². The SMILES string of the molecule is CC[C@H](C)N(CC(=O)N1CCCN(c2ccc(-c3ccc(OC)c(OC)c3)nn2)CC1)C(=O)c1ccc(Cl)cc1. The van der Waals surface area contributed by atoms with Crippen molar-refractivity contribution in [3.05, 3.63) is 65.2 Å². The molecule has 10 heteroatoms. The minimum atomic E-state index is -0.166. The van der Waals surface area contributed by atoms with Gasteiger partial charge in [-0.3, -0.25) is 9.59 Å². The Morgan fingerprint density at radius 1 is 0.950 bits per heavy atom. The first-order valence-electron chi connectivity index (χ1n) is 13.5. The van der Waals surface area contributed by atoms with E-state index in [9.17, 15) is 9.59 Å². The first-order chi connectivity index (χ1) is 19.3. The largest absolute Gasteiger partial charge is 0.493 e. The van der Waals surface area contributed by atoms with E-state index in [0.29, 0.717) is 41.7 Å². The highest BCUT2D eigenvalue weighted by molar-refractivity contribution is 6.30. The highest BCUT2D eigenvalue weighted by Crippen LogP contribution is 2.31. The summed E-state index contributed by atoms with van der Waals surface area (Å²) in [5, 5.41) is 9.48. The van der Waals surface area contributed by atoms with Crippen molar-refractivity contribution in [3.8, 4) is 22.8 Å². The highest BCUT2D eigenvalue weighted by Gasteiger charge is 2.27. The zero-order chi connectivity index (χ0) is 28.6. The Balaban J connectivity index is 1.40. The van der Waals surface area contributed by atoms with Gasteiger partial charge in [-0.2, -0.15) is 0 Å². The van der Waals surface area contributed by atoms with Gasteiger partial charge in [0, 0.05) is 48.4 Å². The molecular weight excluding hydrogens is 530 g/mol. The van der Waals surface area contributed by atoms with Crippen LogP contribution in [-0.2, 0) is 4.79 Å². The molecule has 1 aromatic heterocycles. The van der Waals surface area contributed by atoms with Crippen LogP contribution in [0.2, 0.25) is 5.02 Å². The molecule has 9 nitrogen and oxygen atoms in total. The van der Waals surface area contributed by atoms with Crippen LogP contribution in [-0.4, -0.2) is 84.8 Å². The lowest BCUT2D eigenvalue weighted by Gasteiger charge is -2.31. The van der Waals surface area contributed by atoms with Crippen molar-refractivity contribution < 1.29 is 19.1 Å². The lowest BCUT2D eigenvalue weighted by molar-refractivity contribution is -0.132. The van der Waals surface area contributed by atoms with Crippen LogP contribution in [0.15, 0.2) is 54.6 Å². The van der Waals surface area contributed by atoms with E-state index < -0.39 is 0 Å². The van der Waals surface area contributed by atoms with Crippen molar-refractivity contribution in [1.82, 2.24) is 20.0 Å². The number of halogens is 1. The number of anilines is 1. The van der Waals surface area contributed by atoms with Crippen LogP contribution in [0, 0.1) is 0 Å². The molecular formula is C30H36ClN5O4. The molecule has 0 bridgehead atoms. The third kappa shape index (κ3) is 6.83. The highest BCUT2D eigenvalue weighted by atomic mass is 35.5. The number of hydrogen-bond acceptors (Lipinski definition) is 7. The first kappa shape index (κ1) is 29.1. The molecule has 0 N–H and O–H groups in total. The fraction of sp³-hybridized carbons (Fsp3) is 0.400. The van der Waals surface area contributed by atoms with Gasteiger partial charge in [-0.05, 0) is 74.4 Å². The van der Waals surface area contributed by atoms with Crippen LogP contribution < -0.4 is 14.4 Å². The van der Waals surface area contributed by atoms with Crippen molar-refractivity contribution >= 4 is 29.2 Å². The van der Waals surface area contributed by atoms with E-state index in [1.54, 1.807) is 43.4 Å². The maximum absolute atomic E-state index is 13.4. The second-order valence-electron chi connectivity index (χ2n) is 9.77. The van der Waals surface area contributed by atoms with Crippen molar-refractivity contribution in [2.75, 3.05) is 51.8 Å². The average Bonchev–Trinajstić information content (AvgIpc) is 3.26. The first-order valence-corrected chi connectivity index (χ1v) is 13.9. The van der Waals surface area contributed by atoms with Gasteiger partial charge in [-0.15, -0.1) is 10.2 Å². The van der Waals surface area contributed by atoms with Crippen LogP contribution >= 0.6 is 11.6 Å². The van der Waals surface area contributed by atoms with Crippen LogP contribution in [0.4, 0.5) is 5.82 Å². The number of rotatable bonds is 9. The van der Waals surface area contributed by atoms with Gasteiger partial charge in [0.25, 0.3) is 5.91 Å². The van der Waals surface area contributed by atoms with Crippen LogP contribution in [0.3, 0.4) is 0 Å². The Hall–Kier alpha value is -3.85. The van der Waals surface area contributed by atoms with Crippen LogP contribution in [0.5, 0.6) is 11.5 Å². The van der Waals surface area contributed by atoms with Crippen LogP contribution in [0.1, 0.15) is 37.0 Å². The van der Waals surface area contributed by atoms with Crippen molar-refractivity contribution in [3.63, 3.8) is 0 Å². The number of carbonyl (C=O) groups excluding carboxylic acids is 2. The van der Waals surface area contributed by atoms with Gasteiger partial charge in [-0.25, -0.2) is 0 Å². The molecule has 0 spiro atoms. The van der Waals surface area contributed by atoms with Crippen LogP contribution in [0.25, 0.3) is 11.3 Å². The molecule has 1 aliphatic rings. The molecule has 3 aromatic rings.